The lowest BCUT2D eigenvalue weighted by molar-refractivity contribution is -0.141. The molecule has 5 nitrogen and oxygen atoms in total. The van der Waals surface area contributed by atoms with E-state index in [0.717, 1.165) is 0 Å². The van der Waals surface area contributed by atoms with E-state index in [1.54, 1.807) is 0 Å². The van der Waals surface area contributed by atoms with Gasteiger partial charge in [0.15, 0.2) is 0 Å². The molecule has 11 heavy (non-hydrogen) atoms. The van der Waals surface area contributed by atoms with Crippen molar-refractivity contribution in [3.63, 3.8) is 0 Å². The van der Waals surface area contributed by atoms with E-state index in [2.05, 4.69) is 0 Å². The smallest absolute Gasteiger partial charge is 0.325 e. The fourth-order valence-electron chi connectivity index (χ4n) is 0.728. The first-order chi connectivity index (χ1) is 5.13. The predicted molar refractivity (Wildman–Crippen MR) is 35.2 cm³/mol. The summed E-state index contributed by atoms with van der Waals surface area (Å²) in [5.74, 6) is -1.48. The summed E-state index contributed by atoms with van der Waals surface area (Å²) in [6.07, 6.45) is 2.66. The van der Waals surface area contributed by atoms with Crippen LogP contribution in [0.5, 0.6) is 0 Å². The van der Waals surface area contributed by atoms with Gasteiger partial charge in [-0.3, -0.25) is 9.59 Å². The molecule has 0 aromatic carbocycles. The Hall–Kier alpha value is -1.65. The number of nitrogens with zero attached hydrogens (tertiary/aromatic N) is 1. The zero-order chi connectivity index (χ0) is 8.43. The molecule has 0 spiro atoms. The first-order valence-corrected chi connectivity index (χ1v) is 2.95. The topological polar surface area (TPSA) is 80.5 Å². The second-order valence-electron chi connectivity index (χ2n) is 2.03. The minimum atomic E-state index is -0.931. The second kappa shape index (κ2) is 2.53. The molecule has 1 heterocycles. The second-order valence-corrected chi connectivity index (χ2v) is 2.03. The van der Waals surface area contributed by atoms with Gasteiger partial charge in [0.25, 0.3) is 0 Å². The molecule has 3 amide bonds. The van der Waals surface area contributed by atoms with Crippen LogP contribution in [0.2, 0.25) is 0 Å². The van der Waals surface area contributed by atoms with Gasteiger partial charge in [-0.05, 0) is 0 Å². The SMILES string of the molecule is NC(=O)N1C=CCC(=O)C1=O. The van der Waals surface area contributed by atoms with Crippen LogP contribution < -0.4 is 5.73 Å². The molecule has 0 saturated carbocycles. The van der Waals surface area contributed by atoms with Crippen LogP contribution in [0.3, 0.4) is 0 Å². The maximum atomic E-state index is 10.8. The summed E-state index contributed by atoms with van der Waals surface area (Å²) in [5, 5.41) is 0. The highest BCUT2D eigenvalue weighted by Gasteiger charge is 2.25. The van der Waals surface area contributed by atoms with Crippen molar-refractivity contribution in [2.45, 2.75) is 6.42 Å². The van der Waals surface area contributed by atoms with Crippen molar-refractivity contribution in [2.75, 3.05) is 0 Å². The van der Waals surface area contributed by atoms with Gasteiger partial charge in [-0.25, -0.2) is 9.69 Å². The van der Waals surface area contributed by atoms with Crippen molar-refractivity contribution in [1.29, 1.82) is 0 Å². The number of amides is 3. The maximum Gasteiger partial charge on any atom is 0.325 e. The Balaban J connectivity index is 2.89. The maximum absolute atomic E-state index is 10.8. The highest BCUT2D eigenvalue weighted by atomic mass is 16.2. The lowest BCUT2D eigenvalue weighted by Crippen LogP contribution is -2.42. The Bertz CT molecular complexity index is 257. The van der Waals surface area contributed by atoms with E-state index in [1.807, 2.05) is 0 Å². The molecule has 0 aromatic heterocycles. The molecule has 5 heteroatoms. The Morgan fingerprint density at radius 1 is 1.55 bits per heavy atom. The van der Waals surface area contributed by atoms with Crippen molar-refractivity contribution in [2.24, 2.45) is 5.73 Å². The monoisotopic (exact) mass is 154 g/mol. The number of imide groups is 1. The number of hydrogen-bond acceptors (Lipinski definition) is 3. The predicted octanol–water partition coefficient (Wildman–Crippen LogP) is -0.620. The molecule has 2 N–H and O–H groups in total. The van der Waals surface area contributed by atoms with Crippen LogP contribution in [0.1, 0.15) is 6.42 Å². The molecule has 0 radical (unpaired) electrons. The van der Waals surface area contributed by atoms with Crippen LogP contribution in [-0.4, -0.2) is 22.6 Å². The molecule has 0 unspecified atom stereocenters. The highest BCUT2D eigenvalue weighted by molar-refractivity contribution is 6.39. The average molecular weight is 154 g/mol. The first-order valence-electron chi connectivity index (χ1n) is 2.95. The summed E-state index contributed by atoms with van der Waals surface area (Å²) >= 11 is 0. The van der Waals surface area contributed by atoms with E-state index in [9.17, 15) is 14.4 Å². The van der Waals surface area contributed by atoms with Gasteiger partial charge in [-0.1, -0.05) is 6.08 Å². The normalized spacial score (nSPS) is 17.3. The largest absolute Gasteiger partial charge is 0.351 e. The molecule has 0 bridgehead atoms. The van der Waals surface area contributed by atoms with Crippen LogP contribution >= 0.6 is 0 Å². The minimum absolute atomic E-state index is 0.0443. The van der Waals surface area contributed by atoms with E-state index in [1.165, 1.54) is 12.3 Å². The average Bonchev–Trinajstić information content (AvgIpc) is 1.94. The zero-order valence-electron chi connectivity index (χ0n) is 5.61. The molecule has 58 valence electrons. The van der Waals surface area contributed by atoms with Crippen molar-refractivity contribution in [1.82, 2.24) is 4.90 Å². The summed E-state index contributed by atoms with van der Waals surface area (Å²) < 4.78 is 0. The van der Waals surface area contributed by atoms with Gasteiger partial charge in [-0.2, -0.15) is 0 Å². The standard InChI is InChI=1S/C6H6N2O3/c7-6(11)8-3-1-2-4(9)5(8)10/h1,3H,2H2,(H2,7,11). The summed E-state index contributed by atoms with van der Waals surface area (Å²) in [4.78, 5) is 32.5. The van der Waals surface area contributed by atoms with Crippen molar-refractivity contribution in [3.8, 4) is 0 Å². The van der Waals surface area contributed by atoms with E-state index < -0.39 is 17.7 Å². The van der Waals surface area contributed by atoms with E-state index in [4.69, 9.17) is 5.73 Å². The Labute approximate surface area is 62.5 Å². The third-order valence-corrected chi connectivity index (χ3v) is 1.25. The number of primary amides is 1. The lowest BCUT2D eigenvalue weighted by atomic mass is 10.2. The van der Waals surface area contributed by atoms with Gasteiger partial charge in [0.05, 0.1) is 0 Å². The number of Topliss-reactive ketones (excluding diaryl/α,β-unsaturated/α-hetero) is 1. The number of carbonyl (C=O) groups is 3. The van der Waals surface area contributed by atoms with E-state index >= 15 is 0 Å². The van der Waals surface area contributed by atoms with E-state index in [-0.39, 0.29) is 6.42 Å². The quantitative estimate of drug-likeness (QED) is 0.472. The van der Waals surface area contributed by atoms with Gasteiger partial charge in [0, 0.05) is 12.6 Å². The summed E-state index contributed by atoms with van der Waals surface area (Å²) in [7, 11) is 0. The fraction of sp³-hybridized carbons (Fsp3) is 0.167. The van der Waals surface area contributed by atoms with Crippen LogP contribution in [-0.2, 0) is 9.59 Å². The van der Waals surface area contributed by atoms with Crippen LogP contribution in [0, 0.1) is 0 Å². The summed E-state index contributed by atoms with van der Waals surface area (Å²) in [6, 6.07) is -0.931. The lowest BCUT2D eigenvalue weighted by Gasteiger charge is -2.14. The molecule has 1 aliphatic heterocycles. The number of carbonyl (C=O) groups excluding carboxylic acids is 3. The molecule has 1 rings (SSSR count). The first kappa shape index (κ1) is 7.46. The number of rotatable bonds is 0. The molecule has 0 atom stereocenters. The van der Waals surface area contributed by atoms with Crippen LogP contribution in [0.25, 0.3) is 0 Å². The number of hydrogen-bond donors (Lipinski definition) is 1. The molecule has 1 aliphatic rings. The van der Waals surface area contributed by atoms with Gasteiger partial charge in [-0.15, -0.1) is 0 Å². The van der Waals surface area contributed by atoms with Crippen LogP contribution in [0.15, 0.2) is 12.3 Å². The van der Waals surface area contributed by atoms with Gasteiger partial charge in [0.1, 0.15) is 0 Å². The third kappa shape index (κ3) is 1.26. The molecule has 0 aliphatic carbocycles. The molecule has 0 saturated heterocycles. The van der Waals surface area contributed by atoms with E-state index in [0.29, 0.717) is 4.90 Å². The molecule has 0 fully saturated rings. The summed E-state index contributed by atoms with van der Waals surface area (Å²) in [5.41, 5.74) is 4.78. The minimum Gasteiger partial charge on any atom is -0.351 e. The number of urea groups is 1. The zero-order valence-corrected chi connectivity index (χ0v) is 5.61. The van der Waals surface area contributed by atoms with Gasteiger partial charge in [0.2, 0.25) is 5.78 Å². The summed E-state index contributed by atoms with van der Waals surface area (Å²) in [6.45, 7) is 0. The molecule has 0 aromatic rings. The fourth-order valence-corrected chi connectivity index (χ4v) is 0.728. The Morgan fingerprint density at radius 2 is 2.18 bits per heavy atom. The highest BCUT2D eigenvalue weighted by Crippen LogP contribution is 2.03. The molecular weight excluding hydrogens is 148 g/mol. The Kier molecular flexibility index (Phi) is 1.72. The number of ketones is 1. The third-order valence-electron chi connectivity index (χ3n) is 1.25. The Morgan fingerprint density at radius 3 is 2.64 bits per heavy atom. The number of allylic oxidation sites excluding steroid dienone is 1. The van der Waals surface area contributed by atoms with Gasteiger partial charge < -0.3 is 5.73 Å². The van der Waals surface area contributed by atoms with Crippen molar-refractivity contribution < 1.29 is 14.4 Å². The van der Waals surface area contributed by atoms with Crippen molar-refractivity contribution in [3.05, 3.63) is 12.3 Å². The van der Waals surface area contributed by atoms with Crippen LogP contribution in [0.4, 0.5) is 4.79 Å². The number of nitrogens with two attached hydrogens (primary N) is 1. The van der Waals surface area contributed by atoms with Gasteiger partial charge >= 0.3 is 11.9 Å². The molecular formula is C6H6N2O3. The van der Waals surface area contributed by atoms with Crippen molar-refractivity contribution >= 4 is 17.7 Å².